The molecule has 0 spiro atoms. The minimum Gasteiger partial charge on any atom is -0.378 e. The van der Waals surface area contributed by atoms with Crippen LogP contribution in [0.1, 0.15) is 18.2 Å². The lowest BCUT2D eigenvalue weighted by Crippen LogP contribution is -2.35. The second kappa shape index (κ2) is 7.05. The number of hydrogen-bond donors (Lipinski definition) is 1. The molecule has 0 saturated heterocycles. The number of nitrogens with zero attached hydrogens (tertiary/aromatic N) is 3. The molecule has 3 rings (SSSR count). The van der Waals surface area contributed by atoms with Crippen molar-refractivity contribution in [2.45, 2.75) is 25.8 Å². The first-order valence-corrected chi connectivity index (χ1v) is 8.86. The minimum absolute atomic E-state index is 0.0122. The monoisotopic (exact) mass is 342 g/mol. The van der Waals surface area contributed by atoms with Crippen LogP contribution in [0.2, 0.25) is 0 Å². The Hall–Kier alpha value is -2.34. The number of aromatic nitrogens is 2. The first-order chi connectivity index (χ1) is 11.5. The molecule has 2 heterocycles. The zero-order valence-corrected chi connectivity index (χ0v) is 15.0. The average molecular weight is 342 g/mol. The summed E-state index contributed by atoms with van der Waals surface area (Å²) in [4.78, 5) is 19.6. The molecule has 0 fully saturated rings. The lowest BCUT2D eigenvalue weighted by atomic mass is 10.1. The molecular weight excluding hydrogens is 320 g/mol. The Morgan fingerprint density at radius 2 is 2.08 bits per heavy atom. The van der Waals surface area contributed by atoms with Crippen LogP contribution in [0.25, 0.3) is 4.96 Å². The van der Waals surface area contributed by atoms with E-state index in [-0.39, 0.29) is 11.9 Å². The Morgan fingerprint density at radius 3 is 2.75 bits per heavy atom. The number of anilines is 1. The minimum atomic E-state index is 0.0122. The third-order valence-corrected chi connectivity index (χ3v) is 4.66. The van der Waals surface area contributed by atoms with Crippen LogP contribution in [-0.2, 0) is 17.6 Å². The molecule has 1 atom stereocenters. The Kier molecular flexibility index (Phi) is 4.85. The van der Waals surface area contributed by atoms with Crippen molar-refractivity contribution < 1.29 is 4.79 Å². The van der Waals surface area contributed by atoms with Gasteiger partial charge in [-0.3, -0.25) is 9.20 Å². The van der Waals surface area contributed by atoms with Crippen LogP contribution < -0.4 is 10.2 Å². The zero-order valence-electron chi connectivity index (χ0n) is 14.2. The number of nitrogens with one attached hydrogen (secondary N) is 1. The number of benzene rings is 1. The molecule has 0 aliphatic rings. The normalized spacial score (nSPS) is 12.3. The van der Waals surface area contributed by atoms with Gasteiger partial charge in [0.15, 0.2) is 4.96 Å². The van der Waals surface area contributed by atoms with Gasteiger partial charge in [0.05, 0.1) is 12.1 Å². The van der Waals surface area contributed by atoms with Crippen molar-refractivity contribution in [3.8, 4) is 0 Å². The topological polar surface area (TPSA) is 49.6 Å². The van der Waals surface area contributed by atoms with E-state index in [1.807, 2.05) is 43.2 Å². The number of rotatable bonds is 6. The van der Waals surface area contributed by atoms with Crippen molar-refractivity contribution >= 4 is 27.9 Å². The summed E-state index contributed by atoms with van der Waals surface area (Å²) in [6.45, 7) is 2.03. The third-order valence-electron chi connectivity index (χ3n) is 3.89. The summed E-state index contributed by atoms with van der Waals surface area (Å²) in [5.74, 6) is 0.0122. The summed E-state index contributed by atoms with van der Waals surface area (Å²) in [5, 5.41) is 5.04. The van der Waals surface area contributed by atoms with Gasteiger partial charge in [-0.1, -0.05) is 12.1 Å². The summed E-state index contributed by atoms with van der Waals surface area (Å²) in [6, 6.07) is 8.51. The maximum atomic E-state index is 12.2. The molecule has 0 saturated carbocycles. The summed E-state index contributed by atoms with van der Waals surface area (Å²) in [7, 11) is 4.05. The summed E-state index contributed by atoms with van der Waals surface area (Å²) in [6.07, 6.45) is 5.00. The molecule has 5 nitrogen and oxygen atoms in total. The molecule has 1 amide bonds. The highest BCUT2D eigenvalue weighted by Gasteiger charge is 2.11. The highest BCUT2D eigenvalue weighted by molar-refractivity contribution is 7.15. The van der Waals surface area contributed by atoms with Gasteiger partial charge in [-0.15, -0.1) is 11.3 Å². The van der Waals surface area contributed by atoms with Crippen molar-refractivity contribution in [1.29, 1.82) is 0 Å². The molecule has 1 aromatic carbocycles. The number of carbonyl (C=O) groups is 1. The molecule has 0 unspecified atom stereocenters. The Morgan fingerprint density at radius 1 is 1.33 bits per heavy atom. The number of fused-ring (bicyclic) bond motifs is 1. The predicted molar refractivity (Wildman–Crippen MR) is 98.9 cm³/mol. The second-order valence-electron chi connectivity index (χ2n) is 6.24. The molecule has 3 aromatic rings. The van der Waals surface area contributed by atoms with Gasteiger partial charge in [-0.25, -0.2) is 4.98 Å². The first-order valence-electron chi connectivity index (χ1n) is 7.98. The van der Waals surface area contributed by atoms with Crippen LogP contribution in [0.4, 0.5) is 5.69 Å². The molecule has 0 radical (unpaired) electrons. The fourth-order valence-electron chi connectivity index (χ4n) is 2.69. The summed E-state index contributed by atoms with van der Waals surface area (Å²) >= 11 is 1.57. The quantitative estimate of drug-likeness (QED) is 0.749. The Bertz CT molecular complexity index is 791. The lowest BCUT2D eigenvalue weighted by Gasteiger charge is -2.16. The van der Waals surface area contributed by atoms with Crippen LogP contribution in [-0.4, -0.2) is 35.4 Å². The van der Waals surface area contributed by atoms with Crippen molar-refractivity contribution in [3.05, 3.63) is 53.3 Å². The van der Waals surface area contributed by atoms with Crippen LogP contribution in [0.5, 0.6) is 0 Å². The van der Waals surface area contributed by atoms with Crippen molar-refractivity contribution in [3.63, 3.8) is 0 Å². The van der Waals surface area contributed by atoms with Gasteiger partial charge in [0.25, 0.3) is 0 Å². The van der Waals surface area contributed by atoms with E-state index in [1.165, 1.54) is 11.3 Å². The second-order valence-corrected chi connectivity index (χ2v) is 7.11. The van der Waals surface area contributed by atoms with Crippen molar-refractivity contribution in [1.82, 2.24) is 14.7 Å². The number of amides is 1. The van der Waals surface area contributed by atoms with Gasteiger partial charge in [0.1, 0.15) is 0 Å². The van der Waals surface area contributed by atoms with Crippen LogP contribution >= 0.6 is 11.3 Å². The van der Waals surface area contributed by atoms with E-state index in [9.17, 15) is 4.79 Å². The molecule has 2 aromatic heterocycles. The molecule has 6 heteroatoms. The van der Waals surface area contributed by atoms with Crippen molar-refractivity contribution in [2.24, 2.45) is 0 Å². The number of hydrogen-bond acceptors (Lipinski definition) is 4. The number of carbonyl (C=O) groups excluding carboxylic acids is 1. The summed E-state index contributed by atoms with van der Waals surface area (Å²) in [5.41, 5.74) is 3.20. The van der Waals surface area contributed by atoms with Crippen molar-refractivity contribution in [2.75, 3.05) is 19.0 Å². The predicted octanol–water partition coefficient (Wildman–Crippen LogP) is 2.75. The average Bonchev–Trinajstić information content (AvgIpc) is 3.08. The highest BCUT2D eigenvalue weighted by Crippen LogP contribution is 2.14. The van der Waals surface area contributed by atoms with E-state index < -0.39 is 0 Å². The molecule has 1 N–H and O–H groups in total. The highest BCUT2D eigenvalue weighted by atomic mass is 32.1. The maximum absolute atomic E-state index is 12.2. The standard InChI is InChI=1S/C18H22N4OS/c1-13(10-14-4-6-16(7-5-14)21(2)3)19-17(23)11-15-12-22-8-9-24-18(22)20-15/h4-9,12-13H,10-11H2,1-3H3,(H,19,23)/t13-/m0/s1. The fourth-order valence-corrected chi connectivity index (χ4v) is 3.41. The molecule has 126 valence electrons. The van der Waals surface area contributed by atoms with Gasteiger partial charge in [0.2, 0.25) is 5.91 Å². The zero-order chi connectivity index (χ0) is 17.1. The van der Waals surface area contributed by atoms with Gasteiger partial charge in [-0.05, 0) is 31.0 Å². The van der Waals surface area contributed by atoms with Crippen LogP contribution in [0.15, 0.2) is 42.0 Å². The van der Waals surface area contributed by atoms with Gasteiger partial charge < -0.3 is 10.2 Å². The van der Waals surface area contributed by atoms with E-state index in [1.54, 1.807) is 11.3 Å². The maximum Gasteiger partial charge on any atom is 0.226 e. The largest absolute Gasteiger partial charge is 0.378 e. The smallest absolute Gasteiger partial charge is 0.226 e. The van der Waals surface area contributed by atoms with Crippen LogP contribution in [0, 0.1) is 0 Å². The number of thiazole rings is 1. The molecule has 0 aliphatic carbocycles. The lowest BCUT2D eigenvalue weighted by molar-refractivity contribution is -0.121. The van der Waals surface area contributed by atoms with Crippen LogP contribution in [0.3, 0.4) is 0 Å². The number of imidazole rings is 1. The Balaban J connectivity index is 1.52. The van der Waals surface area contributed by atoms with E-state index in [4.69, 9.17) is 0 Å². The van der Waals surface area contributed by atoms with Gasteiger partial charge in [-0.2, -0.15) is 0 Å². The van der Waals surface area contributed by atoms with Gasteiger partial charge >= 0.3 is 0 Å². The first kappa shape index (κ1) is 16.5. The SMILES string of the molecule is C[C@@H](Cc1ccc(N(C)C)cc1)NC(=O)Cc1cn2ccsc2n1. The van der Waals surface area contributed by atoms with Gasteiger partial charge in [0, 0.05) is 43.6 Å². The fraction of sp³-hybridized carbons (Fsp3) is 0.333. The van der Waals surface area contributed by atoms with E-state index in [2.05, 4.69) is 39.5 Å². The van der Waals surface area contributed by atoms with E-state index in [0.717, 1.165) is 17.1 Å². The van der Waals surface area contributed by atoms with E-state index >= 15 is 0 Å². The Labute approximate surface area is 145 Å². The molecule has 0 aliphatic heterocycles. The third kappa shape index (κ3) is 3.94. The summed E-state index contributed by atoms with van der Waals surface area (Å²) < 4.78 is 1.95. The van der Waals surface area contributed by atoms with E-state index in [0.29, 0.717) is 6.42 Å². The molecule has 0 bridgehead atoms. The molecule has 24 heavy (non-hydrogen) atoms. The molecular formula is C18H22N4OS.